The van der Waals surface area contributed by atoms with Crippen LogP contribution < -0.4 is 14.8 Å². The van der Waals surface area contributed by atoms with Gasteiger partial charge in [0.05, 0.1) is 7.11 Å². The average Bonchev–Trinajstić information content (AvgIpc) is 2.52. The van der Waals surface area contributed by atoms with Crippen LogP contribution in [0, 0.1) is 5.82 Å². The van der Waals surface area contributed by atoms with Gasteiger partial charge in [-0.2, -0.15) is 0 Å². The summed E-state index contributed by atoms with van der Waals surface area (Å²) >= 11 is 0. The molecule has 1 atom stereocenters. The lowest BCUT2D eigenvalue weighted by atomic mass is 10.2. The van der Waals surface area contributed by atoms with Gasteiger partial charge in [0.25, 0.3) is 5.91 Å². The van der Waals surface area contributed by atoms with Crippen molar-refractivity contribution in [2.75, 3.05) is 12.4 Å². The molecule has 0 unspecified atom stereocenters. The van der Waals surface area contributed by atoms with Crippen LogP contribution in [-0.4, -0.2) is 19.1 Å². The molecule has 0 saturated heterocycles. The van der Waals surface area contributed by atoms with E-state index in [4.69, 9.17) is 9.47 Å². The smallest absolute Gasteiger partial charge is 0.265 e. The fraction of sp³-hybridized carbons (Fsp3) is 0.235. The average molecular weight is 303 g/mol. The first kappa shape index (κ1) is 15.8. The molecule has 0 heterocycles. The highest BCUT2D eigenvalue weighted by Gasteiger charge is 2.20. The quantitative estimate of drug-likeness (QED) is 0.886. The molecule has 2 aromatic rings. The zero-order valence-corrected chi connectivity index (χ0v) is 12.5. The minimum absolute atomic E-state index is 0.334. The molecule has 22 heavy (non-hydrogen) atoms. The van der Waals surface area contributed by atoms with Crippen LogP contribution in [0.5, 0.6) is 11.5 Å². The molecule has 0 spiro atoms. The highest BCUT2D eigenvalue weighted by Crippen LogP contribution is 2.27. The molecule has 0 radical (unpaired) electrons. The number of benzene rings is 2. The molecule has 0 aliphatic carbocycles. The second kappa shape index (κ2) is 7.45. The fourth-order valence-electron chi connectivity index (χ4n) is 1.98. The third-order valence-electron chi connectivity index (χ3n) is 3.09. The molecule has 4 nitrogen and oxygen atoms in total. The summed E-state index contributed by atoms with van der Waals surface area (Å²) < 4.78 is 24.1. The van der Waals surface area contributed by atoms with E-state index < -0.39 is 11.9 Å². The van der Waals surface area contributed by atoms with Gasteiger partial charge in [0.1, 0.15) is 5.82 Å². The van der Waals surface area contributed by atoms with E-state index in [1.165, 1.54) is 25.3 Å². The molecule has 0 aliphatic heterocycles. The Hall–Kier alpha value is -2.56. The molecule has 0 aromatic heterocycles. The molecule has 2 aromatic carbocycles. The first-order valence-electron chi connectivity index (χ1n) is 7.00. The highest BCUT2D eigenvalue weighted by atomic mass is 19.1. The number of carbonyl (C=O) groups is 1. The molecular formula is C17H18FNO3. The molecule has 0 bridgehead atoms. The molecule has 116 valence electrons. The van der Waals surface area contributed by atoms with Crippen molar-refractivity contribution in [3.63, 3.8) is 0 Å². The summed E-state index contributed by atoms with van der Waals surface area (Å²) in [5.41, 5.74) is 0.395. The van der Waals surface area contributed by atoms with Gasteiger partial charge < -0.3 is 14.8 Å². The maximum absolute atomic E-state index is 13.1. The van der Waals surface area contributed by atoms with Crippen molar-refractivity contribution >= 4 is 11.6 Å². The summed E-state index contributed by atoms with van der Waals surface area (Å²) in [6, 6.07) is 12.8. The van der Waals surface area contributed by atoms with Crippen molar-refractivity contribution in [2.24, 2.45) is 0 Å². The Balaban J connectivity index is 2.09. The first-order valence-corrected chi connectivity index (χ1v) is 7.00. The molecule has 1 N–H and O–H groups in total. The SMILES string of the molecule is CC[C@H](Oc1ccccc1OC)C(=O)Nc1cccc(F)c1. The summed E-state index contributed by atoms with van der Waals surface area (Å²) in [6.45, 7) is 1.84. The number of para-hydroxylation sites is 2. The van der Waals surface area contributed by atoms with Gasteiger partial charge in [-0.05, 0) is 36.8 Å². The minimum atomic E-state index is -0.695. The van der Waals surface area contributed by atoms with Crippen molar-refractivity contribution in [2.45, 2.75) is 19.4 Å². The number of anilines is 1. The second-order valence-electron chi connectivity index (χ2n) is 4.67. The molecule has 0 aliphatic rings. The summed E-state index contributed by atoms with van der Waals surface area (Å²) in [4.78, 5) is 12.3. The van der Waals surface area contributed by atoms with Gasteiger partial charge in [-0.25, -0.2) is 4.39 Å². The number of ether oxygens (including phenoxy) is 2. The van der Waals surface area contributed by atoms with Crippen molar-refractivity contribution in [1.82, 2.24) is 0 Å². The van der Waals surface area contributed by atoms with E-state index in [0.717, 1.165) is 0 Å². The van der Waals surface area contributed by atoms with E-state index in [-0.39, 0.29) is 5.91 Å². The fourth-order valence-corrected chi connectivity index (χ4v) is 1.98. The Morgan fingerprint density at radius 1 is 1.18 bits per heavy atom. The van der Waals surface area contributed by atoms with Gasteiger partial charge in [-0.3, -0.25) is 4.79 Å². The zero-order valence-electron chi connectivity index (χ0n) is 12.5. The molecule has 1 amide bonds. The van der Waals surface area contributed by atoms with E-state index >= 15 is 0 Å². The van der Waals surface area contributed by atoms with Gasteiger partial charge >= 0.3 is 0 Å². The van der Waals surface area contributed by atoms with Crippen molar-refractivity contribution in [3.05, 3.63) is 54.3 Å². The first-order chi connectivity index (χ1) is 10.6. The Morgan fingerprint density at radius 3 is 2.55 bits per heavy atom. The zero-order chi connectivity index (χ0) is 15.9. The summed E-state index contributed by atoms with van der Waals surface area (Å²) in [7, 11) is 1.54. The van der Waals surface area contributed by atoms with Gasteiger partial charge in [0.2, 0.25) is 0 Å². The van der Waals surface area contributed by atoms with Crippen molar-refractivity contribution in [1.29, 1.82) is 0 Å². The van der Waals surface area contributed by atoms with Crippen molar-refractivity contribution < 1.29 is 18.7 Å². The minimum Gasteiger partial charge on any atom is -0.493 e. The molecule has 0 saturated carbocycles. The lowest BCUT2D eigenvalue weighted by Crippen LogP contribution is -2.32. The summed E-state index contributed by atoms with van der Waals surface area (Å²) in [6.07, 6.45) is -0.223. The molecule has 2 rings (SSSR count). The van der Waals surface area contributed by atoms with Crippen LogP contribution in [0.4, 0.5) is 10.1 Å². The van der Waals surface area contributed by atoms with Crippen LogP contribution in [0.1, 0.15) is 13.3 Å². The van der Waals surface area contributed by atoms with Crippen LogP contribution >= 0.6 is 0 Å². The predicted molar refractivity (Wildman–Crippen MR) is 82.7 cm³/mol. The Kier molecular flexibility index (Phi) is 5.36. The lowest BCUT2D eigenvalue weighted by molar-refractivity contribution is -0.122. The summed E-state index contributed by atoms with van der Waals surface area (Å²) in [5, 5.41) is 2.65. The van der Waals surface area contributed by atoms with E-state index in [2.05, 4.69) is 5.32 Å². The highest BCUT2D eigenvalue weighted by molar-refractivity contribution is 5.94. The van der Waals surface area contributed by atoms with Crippen LogP contribution in [0.15, 0.2) is 48.5 Å². The number of rotatable bonds is 6. The third-order valence-corrected chi connectivity index (χ3v) is 3.09. The lowest BCUT2D eigenvalue weighted by Gasteiger charge is -2.18. The Morgan fingerprint density at radius 2 is 1.91 bits per heavy atom. The predicted octanol–water partition coefficient (Wildman–Crippen LogP) is 3.63. The number of methoxy groups -OCH3 is 1. The number of halogens is 1. The van der Waals surface area contributed by atoms with Gasteiger partial charge in [0, 0.05) is 5.69 Å². The maximum atomic E-state index is 13.1. The summed E-state index contributed by atoms with van der Waals surface area (Å²) in [5.74, 6) is 0.307. The molecule has 5 heteroatoms. The number of amides is 1. The van der Waals surface area contributed by atoms with E-state index in [1.807, 2.05) is 13.0 Å². The topological polar surface area (TPSA) is 47.6 Å². The molecular weight excluding hydrogens is 285 g/mol. The number of carbonyl (C=O) groups excluding carboxylic acids is 1. The molecule has 0 fully saturated rings. The van der Waals surface area contributed by atoms with E-state index in [0.29, 0.717) is 23.6 Å². The maximum Gasteiger partial charge on any atom is 0.265 e. The standard InChI is InChI=1S/C17H18FNO3/c1-3-14(22-16-10-5-4-9-15(16)21-2)17(20)19-13-8-6-7-12(18)11-13/h4-11,14H,3H2,1-2H3,(H,19,20)/t14-/m0/s1. The Bertz CT molecular complexity index is 645. The Labute approximate surface area is 128 Å². The van der Waals surface area contributed by atoms with Gasteiger partial charge in [-0.1, -0.05) is 25.1 Å². The van der Waals surface area contributed by atoms with Gasteiger partial charge in [-0.15, -0.1) is 0 Å². The number of hydrogen-bond acceptors (Lipinski definition) is 3. The van der Waals surface area contributed by atoms with Gasteiger partial charge in [0.15, 0.2) is 17.6 Å². The monoisotopic (exact) mass is 303 g/mol. The van der Waals surface area contributed by atoms with Crippen LogP contribution in [0.3, 0.4) is 0 Å². The largest absolute Gasteiger partial charge is 0.493 e. The van der Waals surface area contributed by atoms with Crippen LogP contribution in [0.2, 0.25) is 0 Å². The normalized spacial score (nSPS) is 11.6. The number of hydrogen-bond donors (Lipinski definition) is 1. The third kappa shape index (κ3) is 3.97. The van der Waals surface area contributed by atoms with Crippen LogP contribution in [-0.2, 0) is 4.79 Å². The van der Waals surface area contributed by atoms with E-state index in [1.54, 1.807) is 24.3 Å². The van der Waals surface area contributed by atoms with Crippen LogP contribution in [0.25, 0.3) is 0 Å². The second-order valence-corrected chi connectivity index (χ2v) is 4.67. The number of nitrogens with one attached hydrogen (secondary N) is 1. The van der Waals surface area contributed by atoms with E-state index in [9.17, 15) is 9.18 Å². The van der Waals surface area contributed by atoms with Crippen molar-refractivity contribution in [3.8, 4) is 11.5 Å².